The lowest BCUT2D eigenvalue weighted by Gasteiger charge is -2.23. The number of ether oxygens (including phenoxy) is 2. The third-order valence-electron chi connectivity index (χ3n) is 5.59. The number of rotatable bonds is 6. The Bertz CT molecular complexity index is 897. The minimum atomic E-state index is 0.0488. The van der Waals surface area contributed by atoms with Crippen molar-refractivity contribution < 1.29 is 19.1 Å². The highest BCUT2D eigenvalue weighted by Gasteiger charge is 2.23. The van der Waals surface area contributed by atoms with E-state index in [1.54, 1.807) is 14.2 Å². The summed E-state index contributed by atoms with van der Waals surface area (Å²) in [7, 11) is 3.21. The highest BCUT2D eigenvalue weighted by atomic mass is 16.5. The van der Waals surface area contributed by atoms with Crippen LogP contribution in [0.3, 0.4) is 0 Å². The van der Waals surface area contributed by atoms with E-state index in [2.05, 4.69) is 0 Å². The quantitative estimate of drug-likeness (QED) is 0.733. The summed E-state index contributed by atoms with van der Waals surface area (Å²) < 4.78 is 10.6. The maximum absolute atomic E-state index is 12.9. The van der Waals surface area contributed by atoms with Gasteiger partial charge in [0.15, 0.2) is 11.5 Å². The first-order valence-corrected chi connectivity index (χ1v) is 10.4. The topological polar surface area (TPSA) is 59.1 Å². The first-order valence-electron chi connectivity index (χ1n) is 10.4. The van der Waals surface area contributed by atoms with Crippen molar-refractivity contribution >= 4 is 11.8 Å². The summed E-state index contributed by atoms with van der Waals surface area (Å²) in [5.41, 5.74) is 2.76. The average Bonchev–Trinajstić information content (AvgIpc) is 3.03. The predicted molar refractivity (Wildman–Crippen MR) is 116 cm³/mol. The number of amides is 2. The fourth-order valence-electron chi connectivity index (χ4n) is 3.80. The molecule has 6 nitrogen and oxygen atoms in total. The standard InChI is InChI=1S/C24H30N2O4/c1-18-7-4-5-8-20(18)24(28)26-14-6-13-25(15-16-26)23(27)12-10-19-9-11-21(29-2)22(17-19)30-3/h4-5,7-9,11,17H,6,10,12-16H2,1-3H3. The van der Waals surface area contributed by atoms with Crippen molar-refractivity contribution in [1.29, 1.82) is 0 Å². The third-order valence-corrected chi connectivity index (χ3v) is 5.59. The molecule has 1 aliphatic heterocycles. The van der Waals surface area contributed by atoms with E-state index >= 15 is 0 Å². The molecular weight excluding hydrogens is 380 g/mol. The molecule has 2 amide bonds. The molecule has 2 aromatic carbocycles. The second-order valence-electron chi connectivity index (χ2n) is 7.53. The van der Waals surface area contributed by atoms with Crippen LogP contribution >= 0.6 is 0 Å². The van der Waals surface area contributed by atoms with E-state index in [4.69, 9.17) is 9.47 Å². The number of hydrogen-bond acceptors (Lipinski definition) is 4. The summed E-state index contributed by atoms with van der Waals surface area (Å²) in [5, 5.41) is 0. The Morgan fingerprint density at radius 2 is 1.60 bits per heavy atom. The number of hydrogen-bond donors (Lipinski definition) is 0. The number of carbonyl (C=O) groups excluding carboxylic acids is 2. The van der Waals surface area contributed by atoms with Gasteiger partial charge in [-0.25, -0.2) is 0 Å². The molecule has 0 spiro atoms. The van der Waals surface area contributed by atoms with Crippen LogP contribution in [0.2, 0.25) is 0 Å². The van der Waals surface area contributed by atoms with Gasteiger partial charge in [-0.05, 0) is 49.1 Å². The van der Waals surface area contributed by atoms with E-state index < -0.39 is 0 Å². The molecule has 160 valence electrons. The number of nitrogens with zero attached hydrogens (tertiary/aromatic N) is 2. The highest BCUT2D eigenvalue weighted by molar-refractivity contribution is 5.95. The van der Waals surface area contributed by atoms with E-state index in [-0.39, 0.29) is 11.8 Å². The average molecular weight is 411 g/mol. The lowest BCUT2D eigenvalue weighted by atomic mass is 10.1. The van der Waals surface area contributed by atoms with Gasteiger partial charge >= 0.3 is 0 Å². The van der Waals surface area contributed by atoms with E-state index in [1.807, 2.05) is 59.2 Å². The van der Waals surface area contributed by atoms with Crippen molar-refractivity contribution in [1.82, 2.24) is 9.80 Å². The van der Waals surface area contributed by atoms with Gasteiger partial charge in [-0.2, -0.15) is 0 Å². The van der Waals surface area contributed by atoms with Crippen molar-refractivity contribution in [2.45, 2.75) is 26.2 Å². The maximum Gasteiger partial charge on any atom is 0.254 e. The Labute approximate surface area is 178 Å². The van der Waals surface area contributed by atoms with Crippen LogP contribution in [0.15, 0.2) is 42.5 Å². The Balaban J connectivity index is 1.55. The van der Waals surface area contributed by atoms with Crippen molar-refractivity contribution in [2.75, 3.05) is 40.4 Å². The van der Waals surface area contributed by atoms with Gasteiger partial charge in [0.25, 0.3) is 5.91 Å². The summed E-state index contributed by atoms with van der Waals surface area (Å²) >= 11 is 0. The summed E-state index contributed by atoms with van der Waals surface area (Å²) in [6, 6.07) is 13.4. The molecule has 2 aromatic rings. The highest BCUT2D eigenvalue weighted by Crippen LogP contribution is 2.28. The van der Waals surface area contributed by atoms with Crippen LogP contribution < -0.4 is 9.47 Å². The van der Waals surface area contributed by atoms with Crippen LogP contribution in [-0.4, -0.2) is 62.0 Å². The maximum atomic E-state index is 12.9. The van der Waals surface area contributed by atoms with Crippen LogP contribution in [0, 0.1) is 6.92 Å². The molecule has 1 fully saturated rings. The minimum absolute atomic E-state index is 0.0488. The molecular formula is C24H30N2O4. The summed E-state index contributed by atoms with van der Waals surface area (Å²) in [4.78, 5) is 29.4. The number of benzene rings is 2. The zero-order valence-electron chi connectivity index (χ0n) is 18.0. The lowest BCUT2D eigenvalue weighted by molar-refractivity contribution is -0.131. The van der Waals surface area contributed by atoms with Gasteiger partial charge in [0, 0.05) is 38.2 Å². The first-order chi connectivity index (χ1) is 14.5. The third kappa shape index (κ3) is 5.12. The molecule has 1 heterocycles. The van der Waals surface area contributed by atoms with Gasteiger partial charge in [0.1, 0.15) is 0 Å². The van der Waals surface area contributed by atoms with E-state index in [9.17, 15) is 9.59 Å². The Morgan fingerprint density at radius 3 is 2.33 bits per heavy atom. The molecule has 0 aromatic heterocycles. The molecule has 0 atom stereocenters. The van der Waals surface area contributed by atoms with Gasteiger partial charge < -0.3 is 19.3 Å². The summed E-state index contributed by atoms with van der Waals surface area (Å²) in [6.07, 6.45) is 1.86. The summed E-state index contributed by atoms with van der Waals surface area (Å²) in [6.45, 7) is 4.45. The molecule has 0 saturated carbocycles. The fraction of sp³-hybridized carbons (Fsp3) is 0.417. The fourth-order valence-corrected chi connectivity index (χ4v) is 3.80. The van der Waals surface area contributed by atoms with Crippen molar-refractivity contribution in [3.05, 3.63) is 59.2 Å². The number of aryl methyl sites for hydroxylation is 2. The monoisotopic (exact) mass is 410 g/mol. The Hall–Kier alpha value is -3.02. The van der Waals surface area contributed by atoms with Gasteiger partial charge in [-0.3, -0.25) is 9.59 Å². The molecule has 0 aliphatic carbocycles. The van der Waals surface area contributed by atoms with Crippen LogP contribution in [-0.2, 0) is 11.2 Å². The number of methoxy groups -OCH3 is 2. The van der Waals surface area contributed by atoms with Crippen LogP contribution in [0.4, 0.5) is 0 Å². The predicted octanol–water partition coefficient (Wildman–Crippen LogP) is 3.32. The molecule has 1 aliphatic rings. The van der Waals surface area contributed by atoms with Crippen molar-refractivity contribution in [2.24, 2.45) is 0 Å². The largest absolute Gasteiger partial charge is 0.493 e. The lowest BCUT2D eigenvalue weighted by Crippen LogP contribution is -2.37. The molecule has 0 bridgehead atoms. The van der Waals surface area contributed by atoms with Gasteiger partial charge in [0.2, 0.25) is 5.91 Å². The van der Waals surface area contributed by atoms with Crippen molar-refractivity contribution in [3.8, 4) is 11.5 Å². The Kier molecular flexibility index (Phi) is 7.33. The van der Waals surface area contributed by atoms with E-state index in [1.165, 1.54) is 0 Å². The van der Waals surface area contributed by atoms with Crippen LogP contribution in [0.5, 0.6) is 11.5 Å². The molecule has 0 unspecified atom stereocenters. The van der Waals surface area contributed by atoms with Gasteiger partial charge in [-0.1, -0.05) is 24.3 Å². The molecule has 6 heteroatoms. The molecule has 3 rings (SSSR count). The van der Waals surface area contributed by atoms with Gasteiger partial charge in [-0.15, -0.1) is 0 Å². The zero-order valence-corrected chi connectivity index (χ0v) is 18.0. The Morgan fingerprint density at radius 1 is 0.900 bits per heavy atom. The minimum Gasteiger partial charge on any atom is -0.493 e. The van der Waals surface area contributed by atoms with E-state index in [0.29, 0.717) is 50.5 Å². The second-order valence-corrected chi connectivity index (χ2v) is 7.53. The molecule has 0 radical (unpaired) electrons. The first kappa shape index (κ1) is 21.7. The number of carbonyl (C=O) groups is 2. The van der Waals surface area contributed by atoms with E-state index in [0.717, 1.165) is 23.1 Å². The second kappa shape index (κ2) is 10.1. The molecule has 0 N–H and O–H groups in total. The van der Waals surface area contributed by atoms with Gasteiger partial charge in [0.05, 0.1) is 14.2 Å². The normalized spacial score (nSPS) is 14.2. The van der Waals surface area contributed by atoms with Crippen molar-refractivity contribution in [3.63, 3.8) is 0 Å². The zero-order chi connectivity index (χ0) is 21.5. The van der Waals surface area contributed by atoms with Crippen LogP contribution in [0.25, 0.3) is 0 Å². The molecule has 1 saturated heterocycles. The van der Waals surface area contributed by atoms with Crippen LogP contribution in [0.1, 0.15) is 34.3 Å². The summed E-state index contributed by atoms with van der Waals surface area (Å²) in [5.74, 6) is 1.52. The SMILES string of the molecule is COc1ccc(CCC(=O)N2CCCN(C(=O)c3ccccc3C)CC2)cc1OC. The smallest absolute Gasteiger partial charge is 0.254 e. The molecule has 30 heavy (non-hydrogen) atoms.